The van der Waals surface area contributed by atoms with Crippen molar-refractivity contribution in [2.75, 3.05) is 52.9 Å². The standard InChI is InChI=1S/C13H24N4O2.ClH/c1-16(9-12(18)15-8-11-2-3-11)10-13(19)17-6-4-14-5-7-17;/h11,14H,2-10H2,1H3,(H,15,18);1H. The SMILES string of the molecule is CN(CC(=O)NCC1CC1)CC(=O)N1CCNCC1.Cl. The third-order valence-corrected chi connectivity index (χ3v) is 3.57. The predicted octanol–water partition coefficient (Wildman–Crippen LogP) is -0.702. The molecule has 2 fully saturated rings. The van der Waals surface area contributed by atoms with Crippen molar-refractivity contribution in [3.8, 4) is 0 Å². The van der Waals surface area contributed by atoms with Crippen molar-refractivity contribution in [3.63, 3.8) is 0 Å². The van der Waals surface area contributed by atoms with E-state index in [0.29, 0.717) is 19.0 Å². The maximum Gasteiger partial charge on any atom is 0.236 e. The van der Waals surface area contributed by atoms with Crippen LogP contribution in [-0.4, -0.2) is 74.5 Å². The first-order valence-electron chi connectivity index (χ1n) is 7.09. The molecular formula is C13H25ClN4O2. The Labute approximate surface area is 126 Å². The first-order chi connectivity index (χ1) is 9.15. The number of likely N-dealkylation sites (N-methyl/N-ethyl adjacent to an activating group) is 1. The lowest BCUT2D eigenvalue weighted by Crippen LogP contribution is -2.50. The van der Waals surface area contributed by atoms with Crippen LogP contribution in [0.15, 0.2) is 0 Å². The molecule has 0 unspecified atom stereocenters. The molecule has 0 aromatic carbocycles. The third kappa shape index (κ3) is 6.07. The van der Waals surface area contributed by atoms with Gasteiger partial charge in [0.25, 0.3) is 0 Å². The monoisotopic (exact) mass is 304 g/mol. The highest BCUT2D eigenvalue weighted by Crippen LogP contribution is 2.27. The Balaban J connectivity index is 0.00000200. The van der Waals surface area contributed by atoms with Gasteiger partial charge in [-0.1, -0.05) is 0 Å². The van der Waals surface area contributed by atoms with E-state index >= 15 is 0 Å². The molecular weight excluding hydrogens is 280 g/mol. The summed E-state index contributed by atoms with van der Waals surface area (Å²) in [6.07, 6.45) is 2.47. The minimum Gasteiger partial charge on any atom is -0.355 e. The van der Waals surface area contributed by atoms with E-state index in [1.165, 1.54) is 12.8 Å². The van der Waals surface area contributed by atoms with E-state index in [1.807, 2.05) is 11.9 Å². The predicted molar refractivity (Wildman–Crippen MR) is 79.9 cm³/mol. The molecule has 1 saturated heterocycles. The molecule has 0 radical (unpaired) electrons. The molecule has 0 aromatic heterocycles. The second-order valence-electron chi connectivity index (χ2n) is 5.55. The molecule has 1 aliphatic heterocycles. The van der Waals surface area contributed by atoms with Gasteiger partial charge in [-0.15, -0.1) is 12.4 Å². The summed E-state index contributed by atoms with van der Waals surface area (Å²) in [6.45, 7) is 4.65. The van der Waals surface area contributed by atoms with Gasteiger partial charge >= 0.3 is 0 Å². The number of piperazine rings is 1. The van der Waals surface area contributed by atoms with Crippen LogP contribution in [-0.2, 0) is 9.59 Å². The smallest absolute Gasteiger partial charge is 0.236 e. The second kappa shape index (κ2) is 8.44. The lowest BCUT2D eigenvalue weighted by atomic mass is 10.3. The van der Waals surface area contributed by atoms with E-state index in [-0.39, 0.29) is 24.2 Å². The Morgan fingerprint density at radius 3 is 2.50 bits per heavy atom. The summed E-state index contributed by atoms with van der Waals surface area (Å²) < 4.78 is 0. The number of halogens is 1. The fourth-order valence-electron chi connectivity index (χ4n) is 2.18. The number of amides is 2. The maximum atomic E-state index is 12.0. The van der Waals surface area contributed by atoms with Gasteiger partial charge < -0.3 is 15.5 Å². The zero-order valence-electron chi connectivity index (χ0n) is 12.1. The van der Waals surface area contributed by atoms with Crippen LogP contribution in [0.4, 0.5) is 0 Å². The Bertz CT molecular complexity index is 330. The number of hydrogen-bond acceptors (Lipinski definition) is 4. The number of hydrogen-bond donors (Lipinski definition) is 2. The highest BCUT2D eigenvalue weighted by atomic mass is 35.5. The molecule has 7 heteroatoms. The highest BCUT2D eigenvalue weighted by molar-refractivity contribution is 5.85. The summed E-state index contributed by atoms with van der Waals surface area (Å²) in [6, 6.07) is 0. The number of carbonyl (C=O) groups is 2. The first kappa shape index (κ1) is 17.2. The van der Waals surface area contributed by atoms with Gasteiger partial charge in [0, 0.05) is 32.7 Å². The third-order valence-electron chi connectivity index (χ3n) is 3.57. The van der Waals surface area contributed by atoms with E-state index in [2.05, 4.69) is 10.6 Å². The molecule has 1 saturated carbocycles. The summed E-state index contributed by atoms with van der Waals surface area (Å²) in [5.74, 6) is 0.818. The fraction of sp³-hybridized carbons (Fsp3) is 0.846. The van der Waals surface area contributed by atoms with E-state index in [0.717, 1.165) is 32.7 Å². The van der Waals surface area contributed by atoms with Crippen LogP contribution in [0.25, 0.3) is 0 Å². The Hall–Kier alpha value is -0.850. The van der Waals surface area contributed by atoms with Crippen molar-refractivity contribution in [3.05, 3.63) is 0 Å². The van der Waals surface area contributed by atoms with E-state index in [1.54, 1.807) is 4.90 Å². The Kier molecular flexibility index (Phi) is 7.26. The maximum absolute atomic E-state index is 12.0. The number of nitrogens with zero attached hydrogens (tertiary/aromatic N) is 2. The van der Waals surface area contributed by atoms with Gasteiger partial charge in [0.1, 0.15) is 0 Å². The van der Waals surface area contributed by atoms with Gasteiger partial charge in [0.05, 0.1) is 13.1 Å². The van der Waals surface area contributed by atoms with Crippen LogP contribution >= 0.6 is 12.4 Å². The molecule has 0 bridgehead atoms. The second-order valence-corrected chi connectivity index (χ2v) is 5.55. The summed E-state index contributed by atoms with van der Waals surface area (Å²) in [4.78, 5) is 27.3. The summed E-state index contributed by atoms with van der Waals surface area (Å²) in [5, 5.41) is 6.13. The van der Waals surface area contributed by atoms with Crippen LogP contribution in [0.3, 0.4) is 0 Å². The number of carbonyl (C=O) groups excluding carboxylic acids is 2. The van der Waals surface area contributed by atoms with Crippen LogP contribution in [0.1, 0.15) is 12.8 Å². The van der Waals surface area contributed by atoms with Crippen LogP contribution in [0.2, 0.25) is 0 Å². The van der Waals surface area contributed by atoms with Crippen LogP contribution < -0.4 is 10.6 Å². The molecule has 116 valence electrons. The minimum atomic E-state index is 0. The van der Waals surface area contributed by atoms with Crippen molar-refractivity contribution >= 4 is 24.2 Å². The molecule has 2 aliphatic rings. The zero-order chi connectivity index (χ0) is 13.7. The van der Waals surface area contributed by atoms with Crippen LogP contribution in [0, 0.1) is 5.92 Å². The highest BCUT2D eigenvalue weighted by Gasteiger charge is 2.22. The summed E-state index contributed by atoms with van der Waals surface area (Å²) in [5.41, 5.74) is 0. The van der Waals surface area contributed by atoms with Gasteiger partial charge in [-0.05, 0) is 25.8 Å². The average Bonchev–Trinajstić information content (AvgIpc) is 3.21. The molecule has 1 heterocycles. The molecule has 20 heavy (non-hydrogen) atoms. The quantitative estimate of drug-likeness (QED) is 0.681. The minimum absolute atomic E-state index is 0. The lowest BCUT2D eigenvalue weighted by molar-refractivity contribution is -0.133. The van der Waals surface area contributed by atoms with Gasteiger partial charge in [0.2, 0.25) is 11.8 Å². The number of nitrogens with one attached hydrogen (secondary N) is 2. The van der Waals surface area contributed by atoms with E-state index < -0.39 is 0 Å². The summed E-state index contributed by atoms with van der Waals surface area (Å²) >= 11 is 0. The first-order valence-corrected chi connectivity index (χ1v) is 7.09. The Morgan fingerprint density at radius 2 is 1.90 bits per heavy atom. The molecule has 0 atom stereocenters. The molecule has 2 rings (SSSR count). The van der Waals surface area contributed by atoms with Crippen molar-refractivity contribution in [2.45, 2.75) is 12.8 Å². The molecule has 0 spiro atoms. The Morgan fingerprint density at radius 1 is 1.25 bits per heavy atom. The normalized spacial score (nSPS) is 18.6. The summed E-state index contributed by atoms with van der Waals surface area (Å²) in [7, 11) is 1.82. The van der Waals surface area contributed by atoms with Gasteiger partial charge in [-0.25, -0.2) is 0 Å². The van der Waals surface area contributed by atoms with Gasteiger partial charge in [-0.2, -0.15) is 0 Å². The fourth-order valence-corrected chi connectivity index (χ4v) is 2.18. The largest absolute Gasteiger partial charge is 0.355 e. The van der Waals surface area contributed by atoms with Crippen molar-refractivity contribution in [1.29, 1.82) is 0 Å². The molecule has 6 nitrogen and oxygen atoms in total. The molecule has 2 amide bonds. The molecule has 1 aliphatic carbocycles. The number of rotatable bonds is 6. The van der Waals surface area contributed by atoms with E-state index in [9.17, 15) is 9.59 Å². The lowest BCUT2D eigenvalue weighted by Gasteiger charge is -2.29. The van der Waals surface area contributed by atoms with Gasteiger partial charge in [-0.3, -0.25) is 14.5 Å². The topological polar surface area (TPSA) is 64.7 Å². The van der Waals surface area contributed by atoms with Crippen molar-refractivity contribution in [1.82, 2.24) is 20.4 Å². The van der Waals surface area contributed by atoms with Crippen molar-refractivity contribution < 1.29 is 9.59 Å². The van der Waals surface area contributed by atoms with Crippen LogP contribution in [0.5, 0.6) is 0 Å². The molecule has 2 N–H and O–H groups in total. The van der Waals surface area contributed by atoms with E-state index in [4.69, 9.17) is 0 Å². The van der Waals surface area contributed by atoms with Gasteiger partial charge in [0.15, 0.2) is 0 Å². The molecule has 0 aromatic rings. The van der Waals surface area contributed by atoms with Crippen molar-refractivity contribution in [2.24, 2.45) is 5.92 Å². The average molecular weight is 305 g/mol. The zero-order valence-corrected chi connectivity index (χ0v) is 12.9.